The lowest BCUT2D eigenvalue weighted by atomic mass is 9.96. The third-order valence-electron chi connectivity index (χ3n) is 5.66. The number of anilines is 1. The fourth-order valence-electron chi connectivity index (χ4n) is 3.97. The van der Waals surface area contributed by atoms with E-state index in [1.54, 1.807) is 23.5 Å². The molecule has 0 aliphatic carbocycles. The van der Waals surface area contributed by atoms with Crippen molar-refractivity contribution in [3.63, 3.8) is 0 Å². The van der Waals surface area contributed by atoms with Crippen molar-refractivity contribution in [3.05, 3.63) is 58.6 Å². The van der Waals surface area contributed by atoms with E-state index in [1.165, 1.54) is 0 Å². The van der Waals surface area contributed by atoms with E-state index in [2.05, 4.69) is 10.6 Å². The lowest BCUT2D eigenvalue weighted by Gasteiger charge is -2.41. The van der Waals surface area contributed by atoms with Crippen molar-refractivity contribution >= 4 is 34.0 Å². The first-order valence-corrected chi connectivity index (χ1v) is 12.8. The van der Waals surface area contributed by atoms with Crippen LogP contribution in [0.5, 0.6) is 0 Å². The number of aliphatic hydroxyl groups excluding tert-OH is 1. The van der Waals surface area contributed by atoms with Gasteiger partial charge in [0, 0.05) is 25.0 Å². The van der Waals surface area contributed by atoms with Crippen LogP contribution in [-0.4, -0.2) is 46.9 Å². The predicted octanol–water partition coefficient (Wildman–Crippen LogP) is 4.55. The fraction of sp³-hybridized carbons (Fsp3) is 0.435. The van der Waals surface area contributed by atoms with Crippen molar-refractivity contribution in [3.8, 4) is 0 Å². The second-order valence-electron chi connectivity index (χ2n) is 7.88. The van der Waals surface area contributed by atoms with E-state index in [1.807, 2.05) is 30.3 Å². The van der Waals surface area contributed by atoms with E-state index in [0.717, 1.165) is 49.0 Å². The Morgan fingerprint density at radius 1 is 1.06 bits per heavy atom. The zero-order valence-electron chi connectivity index (χ0n) is 18.3. The Bertz CT molecular complexity index is 928. The minimum absolute atomic E-state index is 0.0226. The van der Waals surface area contributed by atoms with Crippen LogP contribution in [0.25, 0.3) is 0 Å². The van der Waals surface area contributed by atoms with Crippen LogP contribution in [0.1, 0.15) is 49.3 Å². The van der Waals surface area contributed by atoms with Crippen molar-refractivity contribution in [1.29, 1.82) is 0 Å². The van der Waals surface area contributed by atoms with Crippen molar-refractivity contribution < 1.29 is 19.0 Å². The Balaban J connectivity index is 1.66. The Morgan fingerprint density at radius 3 is 2.59 bits per heavy atom. The molecule has 1 atom stereocenters. The molecule has 0 saturated heterocycles. The molecule has 0 radical (unpaired) electrons. The molecule has 1 unspecified atom stereocenters. The van der Waals surface area contributed by atoms with Gasteiger partial charge in [0.05, 0.1) is 23.2 Å². The maximum atomic E-state index is 11.6. The van der Waals surface area contributed by atoms with Gasteiger partial charge in [-0.2, -0.15) is 0 Å². The number of amides is 1. The van der Waals surface area contributed by atoms with Gasteiger partial charge in [-0.3, -0.25) is 18.2 Å². The molecule has 0 aromatic heterocycles. The van der Waals surface area contributed by atoms with Crippen LogP contribution >= 0.6 is 22.4 Å². The number of para-hydroxylation sites is 1. The predicted molar refractivity (Wildman–Crippen MR) is 130 cm³/mol. The number of carbonyl (C=O) groups excluding carboxylic acids is 1. The third-order valence-corrected chi connectivity index (χ3v) is 7.80. The standard InChI is InChI=1S/C23H32ClN3O4S/c1-27-20-9-6-5-8-18(20)23(19-12-11-17(24)16-21(19)32(27,30)31)26-13-7-3-2-4-10-22(29)25-14-15-28/h5-6,8-9,11-12,16,23,26,28,30-31H,2-4,7,10,13-15H2,1H3,(H,25,29). The first-order valence-electron chi connectivity index (χ1n) is 10.9. The molecule has 3 rings (SSSR count). The number of nitrogens with zero attached hydrogens (tertiary/aromatic N) is 1. The summed E-state index contributed by atoms with van der Waals surface area (Å²) in [5, 5.41) is 15.5. The topological polar surface area (TPSA) is 105 Å². The summed E-state index contributed by atoms with van der Waals surface area (Å²) in [6, 6.07) is 12.8. The zero-order chi connectivity index (χ0) is 23.1. The molecule has 7 nitrogen and oxygen atoms in total. The summed E-state index contributed by atoms with van der Waals surface area (Å²) in [5.74, 6) is -0.0226. The first-order chi connectivity index (χ1) is 15.4. The van der Waals surface area contributed by atoms with Crippen molar-refractivity contribution in [2.45, 2.75) is 43.0 Å². The van der Waals surface area contributed by atoms with Crippen LogP contribution in [0.4, 0.5) is 5.69 Å². The number of unbranched alkanes of at least 4 members (excludes halogenated alkanes) is 3. The highest BCUT2D eigenvalue weighted by atomic mass is 35.5. The number of hydrogen-bond donors (Lipinski definition) is 5. The van der Waals surface area contributed by atoms with Gasteiger partial charge >= 0.3 is 0 Å². The molecule has 5 N–H and O–H groups in total. The number of benzene rings is 2. The molecule has 1 aliphatic rings. The monoisotopic (exact) mass is 481 g/mol. The Kier molecular flexibility index (Phi) is 8.81. The molecular weight excluding hydrogens is 450 g/mol. The van der Waals surface area contributed by atoms with Crippen LogP contribution in [0.3, 0.4) is 0 Å². The van der Waals surface area contributed by atoms with Gasteiger partial charge in [-0.1, -0.05) is 59.5 Å². The molecule has 1 aliphatic heterocycles. The summed E-state index contributed by atoms with van der Waals surface area (Å²) in [7, 11) is -1.54. The van der Waals surface area contributed by atoms with Crippen molar-refractivity contribution in [1.82, 2.24) is 10.6 Å². The molecule has 1 heterocycles. The maximum Gasteiger partial charge on any atom is 0.220 e. The summed E-state index contributed by atoms with van der Waals surface area (Å²) in [4.78, 5) is 12.0. The highest BCUT2D eigenvalue weighted by molar-refractivity contribution is 8.25. The van der Waals surface area contributed by atoms with Crippen LogP contribution in [0.15, 0.2) is 47.4 Å². The van der Waals surface area contributed by atoms with Gasteiger partial charge in [-0.15, -0.1) is 0 Å². The smallest absolute Gasteiger partial charge is 0.220 e. The van der Waals surface area contributed by atoms with E-state index in [-0.39, 0.29) is 18.6 Å². The number of nitrogens with one attached hydrogen (secondary N) is 2. The Labute approximate surface area is 196 Å². The molecule has 2 aromatic rings. The van der Waals surface area contributed by atoms with Crippen molar-refractivity contribution in [2.75, 3.05) is 31.0 Å². The molecule has 176 valence electrons. The van der Waals surface area contributed by atoms with Gasteiger partial charge in [0.2, 0.25) is 5.91 Å². The number of carbonyl (C=O) groups is 1. The van der Waals surface area contributed by atoms with Gasteiger partial charge < -0.3 is 15.7 Å². The molecule has 1 amide bonds. The van der Waals surface area contributed by atoms with Crippen LogP contribution in [0.2, 0.25) is 5.02 Å². The number of hydrogen-bond acceptors (Lipinski definition) is 6. The number of aliphatic hydroxyl groups is 1. The first kappa shape index (κ1) is 24.8. The summed E-state index contributed by atoms with van der Waals surface area (Å²) < 4.78 is 23.7. The van der Waals surface area contributed by atoms with E-state index in [9.17, 15) is 13.9 Å². The van der Waals surface area contributed by atoms with E-state index in [4.69, 9.17) is 16.7 Å². The molecule has 0 spiro atoms. The van der Waals surface area contributed by atoms with Gasteiger partial charge in [0.15, 0.2) is 0 Å². The number of halogens is 1. The van der Waals surface area contributed by atoms with Crippen molar-refractivity contribution in [2.24, 2.45) is 0 Å². The largest absolute Gasteiger partial charge is 0.395 e. The maximum absolute atomic E-state index is 11.6. The number of rotatable bonds is 10. The van der Waals surface area contributed by atoms with Gasteiger partial charge in [-0.25, -0.2) is 0 Å². The van der Waals surface area contributed by atoms with Gasteiger partial charge in [0.25, 0.3) is 0 Å². The molecule has 0 fully saturated rings. The summed E-state index contributed by atoms with van der Waals surface area (Å²) in [6.45, 7) is 1.01. The highest BCUT2D eigenvalue weighted by Gasteiger charge is 2.35. The summed E-state index contributed by atoms with van der Waals surface area (Å²) in [6.07, 6.45) is 4.16. The third kappa shape index (κ3) is 5.75. The Hall–Kier alpha value is -1.81. The number of fused-ring (bicyclic) bond motifs is 2. The fourth-order valence-corrected chi connectivity index (χ4v) is 5.73. The summed E-state index contributed by atoms with van der Waals surface area (Å²) >= 11 is 6.20. The lowest BCUT2D eigenvalue weighted by Crippen LogP contribution is -2.26. The minimum atomic E-state index is -3.23. The highest BCUT2D eigenvalue weighted by Crippen LogP contribution is 2.59. The average molecular weight is 482 g/mol. The molecule has 9 heteroatoms. The van der Waals surface area contributed by atoms with E-state index < -0.39 is 10.8 Å². The average Bonchev–Trinajstić information content (AvgIpc) is 2.85. The van der Waals surface area contributed by atoms with Crippen LogP contribution in [0, 0.1) is 0 Å². The molecular formula is C23H32ClN3O4S. The zero-order valence-corrected chi connectivity index (χ0v) is 19.8. The summed E-state index contributed by atoms with van der Waals surface area (Å²) in [5.41, 5.74) is 2.56. The molecule has 32 heavy (non-hydrogen) atoms. The van der Waals surface area contributed by atoms with Crippen LogP contribution < -0.4 is 14.9 Å². The normalized spacial score (nSPS) is 17.8. The van der Waals surface area contributed by atoms with Gasteiger partial charge in [0.1, 0.15) is 0 Å². The van der Waals surface area contributed by atoms with Gasteiger partial charge in [-0.05, 0) is 48.7 Å². The van der Waals surface area contributed by atoms with E-state index >= 15 is 0 Å². The SMILES string of the molecule is CN1c2ccccc2C(NCCCCCCC(=O)NCCO)c2ccc(Cl)cc2S1(O)O. The van der Waals surface area contributed by atoms with E-state index in [0.29, 0.717) is 22.9 Å². The molecule has 2 aromatic carbocycles. The second-order valence-corrected chi connectivity index (χ2v) is 10.3. The quantitative estimate of drug-likeness (QED) is 0.319. The molecule has 0 bridgehead atoms. The Morgan fingerprint density at radius 2 is 1.81 bits per heavy atom. The van der Waals surface area contributed by atoms with Crippen LogP contribution in [-0.2, 0) is 4.79 Å². The molecule has 0 saturated carbocycles. The lowest BCUT2D eigenvalue weighted by molar-refractivity contribution is -0.121. The second kappa shape index (κ2) is 11.4. The minimum Gasteiger partial charge on any atom is -0.395 e.